The van der Waals surface area contributed by atoms with Crippen molar-refractivity contribution in [2.24, 2.45) is 0 Å². The van der Waals surface area contributed by atoms with Gasteiger partial charge >= 0.3 is 0 Å². The smallest absolute Gasteiger partial charge is 0.290 e. The molecule has 0 bridgehead atoms. The number of halogens is 3. The molecule has 2 rings (SSSR count). The van der Waals surface area contributed by atoms with Gasteiger partial charge in [0.25, 0.3) is 5.56 Å². The minimum absolute atomic E-state index is 0.294. The number of rotatable bonds is 0. The van der Waals surface area contributed by atoms with Gasteiger partial charge in [0.15, 0.2) is 5.82 Å². The van der Waals surface area contributed by atoms with Gasteiger partial charge in [-0.15, -0.1) is 0 Å². The van der Waals surface area contributed by atoms with Crippen molar-refractivity contribution >= 4 is 11.0 Å². The lowest BCUT2D eigenvalue weighted by atomic mass is 10.2. The van der Waals surface area contributed by atoms with Crippen molar-refractivity contribution in [1.82, 2.24) is 5.16 Å². The number of aromatic amines is 1. The van der Waals surface area contributed by atoms with E-state index >= 15 is 0 Å². The van der Waals surface area contributed by atoms with Crippen LogP contribution in [0.4, 0.5) is 13.2 Å². The van der Waals surface area contributed by atoms with Crippen molar-refractivity contribution < 1.29 is 17.7 Å². The molecule has 1 aromatic heterocycles. The van der Waals surface area contributed by atoms with Crippen LogP contribution in [0.1, 0.15) is 0 Å². The Bertz CT molecular complexity index is 528. The molecule has 0 spiro atoms. The van der Waals surface area contributed by atoms with E-state index < -0.39 is 34.0 Å². The van der Waals surface area contributed by atoms with E-state index in [-0.39, 0.29) is 0 Å². The van der Waals surface area contributed by atoms with Crippen LogP contribution in [-0.2, 0) is 0 Å². The molecule has 2 aromatic rings. The Labute approximate surface area is 68.7 Å². The normalized spacial score (nSPS) is 11.0. The summed E-state index contributed by atoms with van der Waals surface area (Å²) in [4.78, 5) is 10.8. The van der Waals surface area contributed by atoms with E-state index in [2.05, 4.69) is 4.52 Å². The lowest BCUT2D eigenvalue weighted by molar-refractivity contribution is 0.420. The number of benzene rings is 1. The summed E-state index contributed by atoms with van der Waals surface area (Å²) < 4.78 is 42.4. The van der Waals surface area contributed by atoms with Crippen molar-refractivity contribution in [3.8, 4) is 0 Å². The van der Waals surface area contributed by atoms with Crippen LogP contribution >= 0.6 is 0 Å². The second-order valence-electron chi connectivity index (χ2n) is 2.39. The number of hydrogen-bond acceptors (Lipinski definition) is 2. The zero-order valence-electron chi connectivity index (χ0n) is 6.03. The van der Waals surface area contributed by atoms with Gasteiger partial charge in [0.05, 0.1) is 0 Å². The van der Waals surface area contributed by atoms with Crippen LogP contribution in [-0.4, -0.2) is 5.16 Å². The maximum absolute atomic E-state index is 12.8. The fraction of sp³-hybridized carbons (Fsp3) is 0. The van der Waals surface area contributed by atoms with Crippen LogP contribution in [0, 0.1) is 17.5 Å². The molecule has 0 amide bonds. The third-order valence-corrected chi connectivity index (χ3v) is 1.60. The van der Waals surface area contributed by atoms with Gasteiger partial charge in [-0.1, -0.05) is 0 Å². The number of fused-ring (bicyclic) bond motifs is 1. The van der Waals surface area contributed by atoms with E-state index in [1.807, 2.05) is 0 Å². The van der Waals surface area contributed by atoms with Crippen LogP contribution in [0.5, 0.6) is 0 Å². The van der Waals surface area contributed by atoms with E-state index in [0.717, 1.165) is 0 Å². The Hall–Kier alpha value is -1.72. The summed E-state index contributed by atoms with van der Waals surface area (Å²) in [6.45, 7) is 0. The molecule has 0 unspecified atom stereocenters. The maximum Gasteiger partial charge on any atom is 0.290 e. The molecule has 1 N–H and O–H groups in total. The third-order valence-electron chi connectivity index (χ3n) is 1.60. The fourth-order valence-electron chi connectivity index (χ4n) is 1.03. The molecule has 0 aliphatic carbocycles. The molecule has 68 valence electrons. The molecule has 0 saturated heterocycles. The lowest BCUT2D eigenvalue weighted by Crippen LogP contribution is -2.00. The minimum Gasteiger partial charge on any atom is -0.375 e. The molecule has 1 heterocycles. The van der Waals surface area contributed by atoms with E-state index in [0.29, 0.717) is 6.07 Å². The monoisotopic (exact) mass is 189 g/mol. The highest BCUT2D eigenvalue weighted by molar-refractivity contribution is 5.76. The zero-order chi connectivity index (χ0) is 9.59. The minimum atomic E-state index is -1.40. The second-order valence-corrected chi connectivity index (χ2v) is 2.39. The molecule has 0 fully saturated rings. The molecule has 0 radical (unpaired) electrons. The predicted octanol–water partition coefficient (Wildman–Crippen LogP) is 1.54. The summed E-state index contributed by atoms with van der Waals surface area (Å²) >= 11 is 0. The van der Waals surface area contributed by atoms with Crippen molar-refractivity contribution in [1.29, 1.82) is 0 Å². The van der Waals surface area contributed by atoms with E-state index in [1.165, 1.54) is 0 Å². The van der Waals surface area contributed by atoms with Crippen molar-refractivity contribution in [2.45, 2.75) is 0 Å². The highest BCUT2D eigenvalue weighted by atomic mass is 19.2. The fourth-order valence-corrected chi connectivity index (χ4v) is 1.03. The van der Waals surface area contributed by atoms with E-state index in [1.54, 1.807) is 5.16 Å². The summed E-state index contributed by atoms with van der Waals surface area (Å²) in [6, 6.07) is 0.294. The molecule has 3 nitrogen and oxygen atoms in total. The number of hydrogen-bond donors (Lipinski definition) is 1. The highest BCUT2D eigenvalue weighted by Gasteiger charge is 2.18. The lowest BCUT2D eigenvalue weighted by Gasteiger charge is -1.92. The number of aromatic nitrogens is 1. The summed E-state index contributed by atoms with van der Waals surface area (Å²) in [7, 11) is 0. The van der Waals surface area contributed by atoms with E-state index in [9.17, 15) is 18.0 Å². The second kappa shape index (κ2) is 2.38. The van der Waals surface area contributed by atoms with Gasteiger partial charge in [-0.05, 0) is 0 Å². The average molecular weight is 189 g/mol. The molecule has 0 aliphatic rings. The van der Waals surface area contributed by atoms with Gasteiger partial charge in [-0.2, -0.15) is 9.55 Å². The van der Waals surface area contributed by atoms with Gasteiger partial charge in [-0.3, -0.25) is 4.79 Å². The largest absolute Gasteiger partial charge is 0.375 e. The Morgan fingerprint density at radius 3 is 2.62 bits per heavy atom. The van der Waals surface area contributed by atoms with Gasteiger partial charge in [-0.25, -0.2) is 8.78 Å². The number of nitrogens with one attached hydrogen (secondary N) is 1. The molecule has 0 atom stereocenters. The van der Waals surface area contributed by atoms with Crippen LogP contribution < -0.4 is 5.56 Å². The van der Waals surface area contributed by atoms with Gasteiger partial charge in [0.1, 0.15) is 11.2 Å². The van der Waals surface area contributed by atoms with Gasteiger partial charge in [0, 0.05) is 6.07 Å². The predicted molar refractivity (Wildman–Crippen MR) is 36.7 cm³/mol. The topological polar surface area (TPSA) is 46.0 Å². The quantitative estimate of drug-likeness (QED) is 0.639. The molecule has 13 heavy (non-hydrogen) atoms. The summed E-state index contributed by atoms with van der Waals surface area (Å²) in [5, 5.41) is 1.10. The Kier molecular flexibility index (Phi) is 1.45. The molecular weight excluding hydrogens is 187 g/mol. The first-order valence-corrected chi connectivity index (χ1v) is 3.26. The molecule has 0 saturated carbocycles. The van der Waals surface area contributed by atoms with Crippen molar-refractivity contribution in [3.63, 3.8) is 0 Å². The van der Waals surface area contributed by atoms with E-state index in [4.69, 9.17) is 0 Å². The van der Waals surface area contributed by atoms with Crippen molar-refractivity contribution in [2.75, 3.05) is 0 Å². The van der Waals surface area contributed by atoms with Gasteiger partial charge < -0.3 is 4.52 Å². The van der Waals surface area contributed by atoms with Gasteiger partial charge in [0.2, 0.25) is 11.4 Å². The zero-order valence-corrected chi connectivity index (χ0v) is 6.03. The Balaban J connectivity index is 3.08. The number of H-pyrrole nitrogens is 1. The summed E-state index contributed by atoms with van der Waals surface area (Å²) in [5.74, 6) is -3.92. The standard InChI is InChI=1S/C7H2F3NO2/c8-2-1-3(9)5(10)6-4(2)7(12)11-13-6/h1H,(H,11,12). The van der Waals surface area contributed by atoms with Crippen LogP contribution in [0.3, 0.4) is 0 Å². The van der Waals surface area contributed by atoms with Crippen LogP contribution in [0.2, 0.25) is 0 Å². The summed E-state index contributed by atoms with van der Waals surface area (Å²) in [5.41, 5.74) is -1.66. The Morgan fingerprint density at radius 1 is 1.23 bits per heavy atom. The molecular formula is C7H2F3NO2. The molecule has 6 heteroatoms. The third kappa shape index (κ3) is 0.947. The molecule has 0 aliphatic heterocycles. The first-order valence-electron chi connectivity index (χ1n) is 3.26. The first kappa shape index (κ1) is 7.90. The first-order chi connectivity index (χ1) is 6.11. The average Bonchev–Trinajstić information content (AvgIpc) is 2.44. The highest BCUT2D eigenvalue weighted by Crippen LogP contribution is 2.19. The van der Waals surface area contributed by atoms with Crippen LogP contribution in [0.25, 0.3) is 11.0 Å². The SMILES string of the molecule is O=c1[nH]oc2c(F)c(F)cc(F)c12. The van der Waals surface area contributed by atoms with Crippen molar-refractivity contribution in [3.05, 3.63) is 33.9 Å². The Morgan fingerprint density at radius 2 is 1.92 bits per heavy atom. The van der Waals surface area contributed by atoms with Crippen LogP contribution in [0.15, 0.2) is 15.4 Å². The maximum atomic E-state index is 12.8. The summed E-state index contributed by atoms with van der Waals surface area (Å²) in [6.07, 6.45) is 0. The molecule has 1 aromatic carbocycles.